The highest BCUT2D eigenvalue weighted by atomic mass is 127. The molecule has 0 saturated carbocycles. The maximum absolute atomic E-state index is 11.6. The largest absolute Gasteiger partial charge is 0.372 e. The number of likely N-dealkylation sites (tertiary alicyclic amines) is 1. The molecule has 1 aliphatic rings. The number of hydrogen-bond donors (Lipinski definition) is 2. The third-order valence-electron chi connectivity index (χ3n) is 5.82. The van der Waals surface area contributed by atoms with Crippen molar-refractivity contribution in [2.75, 3.05) is 26.7 Å². The van der Waals surface area contributed by atoms with Gasteiger partial charge in [-0.2, -0.15) is 0 Å². The van der Waals surface area contributed by atoms with Crippen molar-refractivity contribution in [3.05, 3.63) is 71.3 Å². The molecule has 33 heavy (non-hydrogen) atoms. The Labute approximate surface area is 215 Å². The minimum atomic E-state index is 0. The average Bonchev–Trinajstić information content (AvgIpc) is 2.84. The van der Waals surface area contributed by atoms with E-state index in [1.165, 1.54) is 16.7 Å². The molecule has 7 heteroatoms. The SMILES string of the molecule is CCNC(=NCc1ccc(COCc2ccccc2)cc1)N1CCC(CC(=O)NC)CC1.I. The van der Waals surface area contributed by atoms with Crippen molar-refractivity contribution in [3.8, 4) is 0 Å². The first-order chi connectivity index (χ1) is 15.7. The molecule has 180 valence electrons. The molecule has 1 aliphatic heterocycles. The molecular formula is C26H37IN4O2. The topological polar surface area (TPSA) is 66.0 Å². The number of aliphatic imine (C=N–C) groups is 1. The van der Waals surface area contributed by atoms with Gasteiger partial charge in [0.15, 0.2) is 5.96 Å². The highest BCUT2D eigenvalue weighted by molar-refractivity contribution is 14.0. The first-order valence-corrected chi connectivity index (χ1v) is 11.6. The van der Waals surface area contributed by atoms with Crippen LogP contribution in [0, 0.1) is 5.92 Å². The van der Waals surface area contributed by atoms with Gasteiger partial charge in [0.1, 0.15) is 0 Å². The molecule has 2 aromatic rings. The van der Waals surface area contributed by atoms with Crippen LogP contribution in [0.2, 0.25) is 0 Å². The van der Waals surface area contributed by atoms with E-state index in [-0.39, 0.29) is 29.9 Å². The number of benzene rings is 2. The number of guanidine groups is 1. The summed E-state index contributed by atoms with van der Waals surface area (Å²) in [5.41, 5.74) is 3.53. The van der Waals surface area contributed by atoms with E-state index >= 15 is 0 Å². The Hall–Kier alpha value is -2.13. The number of carbonyl (C=O) groups is 1. The first kappa shape index (κ1) is 27.1. The second-order valence-corrected chi connectivity index (χ2v) is 8.27. The fraction of sp³-hybridized carbons (Fsp3) is 0.462. The van der Waals surface area contributed by atoms with E-state index in [0.29, 0.717) is 32.1 Å². The molecule has 0 spiro atoms. The molecule has 0 unspecified atom stereocenters. The number of hydrogen-bond acceptors (Lipinski definition) is 3. The predicted octanol–water partition coefficient (Wildman–Crippen LogP) is 4.34. The highest BCUT2D eigenvalue weighted by Gasteiger charge is 2.23. The summed E-state index contributed by atoms with van der Waals surface area (Å²) >= 11 is 0. The summed E-state index contributed by atoms with van der Waals surface area (Å²) < 4.78 is 5.83. The smallest absolute Gasteiger partial charge is 0.220 e. The number of ether oxygens (including phenoxy) is 1. The van der Waals surface area contributed by atoms with Crippen LogP contribution in [0.5, 0.6) is 0 Å². The van der Waals surface area contributed by atoms with E-state index in [4.69, 9.17) is 9.73 Å². The van der Waals surface area contributed by atoms with Crippen molar-refractivity contribution in [2.45, 2.75) is 45.9 Å². The van der Waals surface area contributed by atoms with Crippen LogP contribution < -0.4 is 10.6 Å². The summed E-state index contributed by atoms with van der Waals surface area (Å²) in [7, 11) is 1.71. The van der Waals surface area contributed by atoms with Gasteiger partial charge in [0, 0.05) is 33.1 Å². The van der Waals surface area contributed by atoms with Gasteiger partial charge in [0.2, 0.25) is 5.91 Å². The van der Waals surface area contributed by atoms with Gasteiger partial charge in [-0.05, 0) is 42.4 Å². The molecule has 1 fully saturated rings. The minimum Gasteiger partial charge on any atom is -0.372 e. The predicted molar refractivity (Wildman–Crippen MR) is 145 cm³/mol. The lowest BCUT2D eigenvalue weighted by molar-refractivity contribution is -0.121. The maximum atomic E-state index is 11.6. The van der Waals surface area contributed by atoms with Gasteiger partial charge >= 0.3 is 0 Å². The fourth-order valence-corrected chi connectivity index (χ4v) is 3.91. The van der Waals surface area contributed by atoms with Crippen molar-refractivity contribution in [1.82, 2.24) is 15.5 Å². The van der Waals surface area contributed by atoms with E-state index < -0.39 is 0 Å². The van der Waals surface area contributed by atoms with Gasteiger partial charge in [-0.1, -0.05) is 54.6 Å². The van der Waals surface area contributed by atoms with Crippen LogP contribution in [0.4, 0.5) is 0 Å². The Morgan fingerprint density at radius 2 is 1.61 bits per heavy atom. The Morgan fingerprint density at radius 1 is 1.00 bits per heavy atom. The molecule has 0 bridgehead atoms. The zero-order valence-electron chi connectivity index (χ0n) is 19.8. The first-order valence-electron chi connectivity index (χ1n) is 11.6. The summed E-state index contributed by atoms with van der Waals surface area (Å²) in [6, 6.07) is 18.7. The van der Waals surface area contributed by atoms with Crippen LogP contribution in [0.15, 0.2) is 59.6 Å². The van der Waals surface area contributed by atoms with Crippen molar-refractivity contribution in [3.63, 3.8) is 0 Å². The second-order valence-electron chi connectivity index (χ2n) is 8.27. The fourth-order valence-electron chi connectivity index (χ4n) is 3.91. The number of piperidine rings is 1. The molecular weight excluding hydrogens is 527 g/mol. The van der Waals surface area contributed by atoms with Gasteiger partial charge in [-0.3, -0.25) is 4.79 Å². The summed E-state index contributed by atoms with van der Waals surface area (Å²) in [5, 5.41) is 6.15. The van der Waals surface area contributed by atoms with Crippen molar-refractivity contribution < 1.29 is 9.53 Å². The van der Waals surface area contributed by atoms with E-state index in [2.05, 4.69) is 58.9 Å². The van der Waals surface area contributed by atoms with E-state index in [1.54, 1.807) is 7.05 Å². The van der Waals surface area contributed by atoms with Gasteiger partial charge < -0.3 is 20.3 Å². The monoisotopic (exact) mass is 564 g/mol. The number of halogens is 1. The van der Waals surface area contributed by atoms with Crippen LogP contribution >= 0.6 is 24.0 Å². The van der Waals surface area contributed by atoms with Gasteiger partial charge in [-0.25, -0.2) is 4.99 Å². The minimum absolute atomic E-state index is 0. The number of amides is 1. The molecule has 2 aromatic carbocycles. The third kappa shape index (κ3) is 9.33. The highest BCUT2D eigenvalue weighted by Crippen LogP contribution is 2.20. The van der Waals surface area contributed by atoms with E-state index in [0.717, 1.165) is 38.4 Å². The molecule has 0 radical (unpaired) electrons. The third-order valence-corrected chi connectivity index (χ3v) is 5.82. The number of nitrogens with one attached hydrogen (secondary N) is 2. The zero-order chi connectivity index (χ0) is 22.6. The molecule has 3 rings (SSSR count). The Bertz CT molecular complexity index is 850. The number of nitrogens with zero attached hydrogens (tertiary/aromatic N) is 2. The molecule has 0 atom stereocenters. The Morgan fingerprint density at radius 3 is 2.21 bits per heavy atom. The van der Waals surface area contributed by atoms with Crippen LogP contribution in [0.3, 0.4) is 0 Å². The molecule has 1 heterocycles. The summed E-state index contributed by atoms with van der Waals surface area (Å²) in [6.07, 6.45) is 2.67. The summed E-state index contributed by atoms with van der Waals surface area (Å²) in [4.78, 5) is 18.8. The van der Waals surface area contributed by atoms with Crippen molar-refractivity contribution >= 4 is 35.8 Å². The molecule has 6 nitrogen and oxygen atoms in total. The van der Waals surface area contributed by atoms with Crippen molar-refractivity contribution in [2.24, 2.45) is 10.9 Å². The van der Waals surface area contributed by atoms with Crippen LogP contribution in [-0.2, 0) is 29.3 Å². The quantitative estimate of drug-likeness (QED) is 0.270. The number of carbonyl (C=O) groups excluding carboxylic acids is 1. The van der Waals surface area contributed by atoms with Crippen molar-refractivity contribution in [1.29, 1.82) is 0 Å². The average molecular weight is 565 g/mol. The number of rotatable bonds is 9. The molecule has 0 aliphatic carbocycles. The Kier molecular flexibility index (Phi) is 12.2. The summed E-state index contributed by atoms with van der Waals surface area (Å²) in [6.45, 7) is 6.68. The normalized spacial score (nSPS) is 14.5. The molecule has 1 saturated heterocycles. The lowest BCUT2D eigenvalue weighted by Gasteiger charge is -2.34. The van der Waals surface area contributed by atoms with E-state index in [9.17, 15) is 4.79 Å². The van der Waals surface area contributed by atoms with Gasteiger partial charge in [0.25, 0.3) is 0 Å². The lowest BCUT2D eigenvalue weighted by atomic mass is 9.93. The van der Waals surface area contributed by atoms with Gasteiger partial charge in [0.05, 0.1) is 19.8 Å². The maximum Gasteiger partial charge on any atom is 0.220 e. The lowest BCUT2D eigenvalue weighted by Crippen LogP contribution is -2.46. The standard InChI is InChI=1S/C26H36N4O2.HI/c1-3-28-26(30-15-13-21(14-16-30)17-25(31)27-2)29-18-22-9-11-24(12-10-22)20-32-19-23-7-5-4-6-8-23;/h4-12,21H,3,13-20H2,1-2H3,(H,27,31)(H,28,29);1H. The zero-order valence-corrected chi connectivity index (χ0v) is 22.1. The van der Waals surface area contributed by atoms with Crippen LogP contribution in [0.1, 0.15) is 42.9 Å². The van der Waals surface area contributed by atoms with Gasteiger partial charge in [-0.15, -0.1) is 24.0 Å². The molecule has 2 N–H and O–H groups in total. The molecule has 0 aromatic heterocycles. The summed E-state index contributed by atoms with van der Waals surface area (Å²) in [5.74, 6) is 1.56. The second kappa shape index (κ2) is 14.9. The van der Waals surface area contributed by atoms with Crippen LogP contribution in [-0.4, -0.2) is 43.4 Å². The van der Waals surface area contributed by atoms with Crippen LogP contribution in [0.25, 0.3) is 0 Å². The van der Waals surface area contributed by atoms with E-state index in [1.807, 2.05) is 18.2 Å². The Balaban J connectivity index is 0.00000385. The molecule has 1 amide bonds.